The van der Waals surface area contributed by atoms with Crippen LogP contribution in [-0.4, -0.2) is 63.2 Å². The highest BCUT2D eigenvalue weighted by Gasteiger charge is 2.72. The van der Waals surface area contributed by atoms with Gasteiger partial charge < -0.3 is 29.9 Å². The molecule has 1 heterocycles. The zero-order valence-electron chi connectivity index (χ0n) is 27.6. The summed E-state index contributed by atoms with van der Waals surface area (Å²) < 4.78 is 11.3. The van der Waals surface area contributed by atoms with Crippen LogP contribution in [0.5, 0.6) is 0 Å². The molecule has 15 atom stereocenters. The van der Waals surface area contributed by atoms with Crippen LogP contribution in [0.25, 0.3) is 0 Å². The SMILES string of the molecule is C=C(C)[C@@H]1CC[C@]2(C(=O)O[C@@H]3[C@@H](O)[C@H](C)O[C@@H](O)[C@@H]3O)CC[C@]3(C)[C@H](CC[C@@H]4[C@@]5(C)CC[C@H](O)C(C)(C)[C@@H]5CC[C@]43C)[C@@H]12. The molecular weight excluding hydrogens is 544 g/mol. The lowest BCUT2D eigenvalue weighted by molar-refractivity contribution is -0.286. The molecule has 5 aliphatic carbocycles. The van der Waals surface area contributed by atoms with Gasteiger partial charge in [0.15, 0.2) is 12.4 Å². The molecule has 244 valence electrons. The summed E-state index contributed by atoms with van der Waals surface area (Å²) in [5, 5.41) is 42.8. The van der Waals surface area contributed by atoms with Gasteiger partial charge in [-0.25, -0.2) is 0 Å². The summed E-state index contributed by atoms with van der Waals surface area (Å²) in [6, 6.07) is 0. The predicted octanol–water partition coefficient (Wildman–Crippen LogP) is 5.38. The van der Waals surface area contributed by atoms with E-state index in [0.717, 1.165) is 69.8 Å². The van der Waals surface area contributed by atoms with E-state index in [1.807, 2.05) is 0 Å². The second-order valence-corrected chi connectivity index (χ2v) is 17.3. The van der Waals surface area contributed by atoms with Gasteiger partial charge >= 0.3 is 5.97 Å². The van der Waals surface area contributed by atoms with Crippen molar-refractivity contribution >= 4 is 5.97 Å². The Hall–Kier alpha value is -0.990. The fourth-order valence-corrected chi connectivity index (χ4v) is 12.9. The molecule has 6 rings (SSSR count). The Bertz CT molecular complexity index is 1120. The number of hydrogen-bond donors (Lipinski definition) is 4. The first kappa shape index (κ1) is 32.0. The third kappa shape index (κ3) is 4.19. The average Bonchev–Trinajstić information content (AvgIpc) is 3.34. The summed E-state index contributed by atoms with van der Waals surface area (Å²) in [7, 11) is 0. The molecule has 0 amide bonds. The van der Waals surface area contributed by atoms with Crippen LogP contribution in [0.3, 0.4) is 0 Å². The molecule has 0 aromatic carbocycles. The van der Waals surface area contributed by atoms with Crippen molar-refractivity contribution in [2.75, 3.05) is 0 Å². The number of aliphatic hydroxyl groups excluding tert-OH is 4. The summed E-state index contributed by atoms with van der Waals surface area (Å²) in [6.07, 6.45) is 3.30. The van der Waals surface area contributed by atoms with Crippen LogP contribution in [0, 0.1) is 56.7 Å². The molecule has 7 heteroatoms. The van der Waals surface area contributed by atoms with Crippen molar-refractivity contribution in [3.8, 4) is 0 Å². The Morgan fingerprint density at radius 1 is 0.814 bits per heavy atom. The van der Waals surface area contributed by atoms with Crippen LogP contribution in [0.2, 0.25) is 0 Å². The van der Waals surface area contributed by atoms with E-state index in [-0.39, 0.29) is 45.6 Å². The average molecular weight is 603 g/mol. The number of carbonyl (C=O) groups excluding carboxylic acids is 1. The van der Waals surface area contributed by atoms with Crippen LogP contribution in [0.15, 0.2) is 12.2 Å². The minimum Gasteiger partial charge on any atom is -0.456 e. The fraction of sp³-hybridized carbons (Fsp3) is 0.917. The predicted molar refractivity (Wildman–Crippen MR) is 163 cm³/mol. The zero-order chi connectivity index (χ0) is 31.5. The second kappa shape index (κ2) is 10.3. The van der Waals surface area contributed by atoms with Gasteiger partial charge in [0.25, 0.3) is 0 Å². The molecule has 0 unspecified atom stereocenters. The van der Waals surface area contributed by atoms with Crippen molar-refractivity contribution in [2.24, 2.45) is 56.7 Å². The third-order valence-corrected chi connectivity index (χ3v) is 15.5. The van der Waals surface area contributed by atoms with E-state index in [1.165, 1.54) is 0 Å². The highest BCUT2D eigenvalue weighted by Crippen LogP contribution is 2.77. The zero-order valence-corrected chi connectivity index (χ0v) is 27.6. The number of ether oxygens (including phenoxy) is 2. The summed E-state index contributed by atoms with van der Waals surface area (Å²) in [4.78, 5) is 14.4. The van der Waals surface area contributed by atoms with E-state index in [4.69, 9.17) is 9.47 Å². The second-order valence-electron chi connectivity index (χ2n) is 17.3. The maximum Gasteiger partial charge on any atom is 0.312 e. The number of carbonyl (C=O) groups is 1. The van der Waals surface area contributed by atoms with E-state index >= 15 is 0 Å². The van der Waals surface area contributed by atoms with E-state index in [1.54, 1.807) is 6.92 Å². The molecule has 5 saturated carbocycles. The van der Waals surface area contributed by atoms with E-state index in [2.05, 4.69) is 48.1 Å². The van der Waals surface area contributed by atoms with Gasteiger partial charge in [-0.05, 0) is 129 Å². The van der Waals surface area contributed by atoms with Crippen LogP contribution >= 0.6 is 0 Å². The molecule has 0 aromatic rings. The van der Waals surface area contributed by atoms with Gasteiger partial charge in [-0.1, -0.05) is 46.8 Å². The van der Waals surface area contributed by atoms with Crippen LogP contribution in [0.4, 0.5) is 0 Å². The highest BCUT2D eigenvalue weighted by atomic mass is 16.6. The third-order valence-electron chi connectivity index (χ3n) is 15.5. The Labute approximate surface area is 258 Å². The molecule has 43 heavy (non-hydrogen) atoms. The Balaban J connectivity index is 1.34. The molecule has 0 radical (unpaired) electrons. The van der Waals surface area contributed by atoms with Crippen LogP contribution in [0.1, 0.15) is 113 Å². The highest BCUT2D eigenvalue weighted by molar-refractivity contribution is 5.78. The van der Waals surface area contributed by atoms with E-state index < -0.39 is 36.1 Å². The van der Waals surface area contributed by atoms with E-state index in [0.29, 0.717) is 17.8 Å². The molecule has 0 bridgehead atoms. The number of allylic oxidation sites excluding steroid dienone is 1. The maximum atomic E-state index is 14.4. The summed E-state index contributed by atoms with van der Waals surface area (Å²) in [5.74, 6) is 1.41. The molecule has 0 aromatic heterocycles. The number of fused-ring (bicyclic) bond motifs is 7. The molecular formula is C36H58O7. The molecule has 4 N–H and O–H groups in total. The largest absolute Gasteiger partial charge is 0.456 e. The quantitative estimate of drug-likeness (QED) is 0.253. The number of esters is 1. The van der Waals surface area contributed by atoms with Gasteiger partial charge in [-0.15, -0.1) is 0 Å². The Kier molecular flexibility index (Phi) is 7.62. The van der Waals surface area contributed by atoms with Crippen molar-refractivity contribution in [3.63, 3.8) is 0 Å². The smallest absolute Gasteiger partial charge is 0.312 e. The lowest BCUT2D eigenvalue weighted by atomic mass is 9.32. The van der Waals surface area contributed by atoms with E-state index in [9.17, 15) is 25.2 Å². The Morgan fingerprint density at radius 3 is 2.19 bits per heavy atom. The first-order chi connectivity index (χ1) is 20.0. The molecule has 1 aliphatic heterocycles. The van der Waals surface area contributed by atoms with Gasteiger partial charge in [0.1, 0.15) is 12.2 Å². The van der Waals surface area contributed by atoms with Crippen molar-refractivity contribution in [1.82, 2.24) is 0 Å². The van der Waals surface area contributed by atoms with Crippen LogP contribution in [-0.2, 0) is 14.3 Å². The fourth-order valence-electron chi connectivity index (χ4n) is 12.9. The van der Waals surface area contributed by atoms with Crippen molar-refractivity contribution < 1.29 is 34.7 Å². The first-order valence-electron chi connectivity index (χ1n) is 17.2. The van der Waals surface area contributed by atoms with Gasteiger partial charge in [-0.3, -0.25) is 4.79 Å². The standard InChI is InChI=1S/C36H58O7/c1-19(2)21-11-16-36(31(41)43-29-27(38)20(3)42-30(40)28(29)39)18-17-34(7)22(26(21)36)9-10-24-33(6)14-13-25(37)32(4,5)23(33)12-15-35(24,34)8/h20-30,37-40H,1,9-18H2,2-8H3/t20-,21-,22+,23-,24+,25-,26+,27-,28+,29+,30+,33-,34+,35+,36-/m0/s1. The number of rotatable bonds is 3. The van der Waals surface area contributed by atoms with Crippen molar-refractivity contribution in [3.05, 3.63) is 12.2 Å². The summed E-state index contributed by atoms with van der Waals surface area (Å²) in [5.41, 5.74) is 0.723. The minimum atomic E-state index is -1.51. The molecule has 7 nitrogen and oxygen atoms in total. The van der Waals surface area contributed by atoms with Gasteiger partial charge in [0.05, 0.1) is 17.6 Å². The molecule has 1 saturated heterocycles. The topological polar surface area (TPSA) is 116 Å². The molecule has 0 spiro atoms. The minimum absolute atomic E-state index is 0.0546. The number of hydrogen-bond acceptors (Lipinski definition) is 7. The van der Waals surface area contributed by atoms with Gasteiger partial charge in [-0.2, -0.15) is 0 Å². The van der Waals surface area contributed by atoms with Gasteiger partial charge in [0, 0.05) is 0 Å². The maximum absolute atomic E-state index is 14.4. The lowest BCUT2D eigenvalue weighted by Crippen LogP contribution is -2.67. The van der Waals surface area contributed by atoms with Crippen LogP contribution < -0.4 is 0 Å². The van der Waals surface area contributed by atoms with Crippen molar-refractivity contribution in [2.45, 2.75) is 149 Å². The number of aliphatic hydroxyl groups is 4. The van der Waals surface area contributed by atoms with Gasteiger partial charge in [0.2, 0.25) is 0 Å². The Morgan fingerprint density at radius 2 is 1.51 bits per heavy atom. The summed E-state index contributed by atoms with van der Waals surface area (Å²) in [6.45, 7) is 20.4. The normalized spacial score (nSPS) is 55.7. The lowest BCUT2D eigenvalue weighted by Gasteiger charge is -2.72. The first-order valence-corrected chi connectivity index (χ1v) is 17.2. The monoisotopic (exact) mass is 602 g/mol. The molecule has 6 fully saturated rings. The summed E-state index contributed by atoms with van der Waals surface area (Å²) >= 11 is 0. The molecule has 6 aliphatic rings. The van der Waals surface area contributed by atoms with Crippen molar-refractivity contribution in [1.29, 1.82) is 0 Å².